The number of rotatable bonds is 4. The highest BCUT2D eigenvalue weighted by molar-refractivity contribution is 5.71. The molecule has 16 heavy (non-hydrogen) atoms. The topological polar surface area (TPSA) is 96.4 Å². The van der Waals surface area contributed by atoms with Crippen LogP contribution in [0.1, 0.15) is 23.4 Å². The molecule has 0 bridgehead atoms. The number of pyridine rings is 1. The average Bonchev–Trinajstić information content (AvgIpc) is 2.19. The van der Waals surface area contributed by atoms with E-state index in [1.165, 1.54) is 6.07 Å². The van der Waals surface area contributed by atoms with Crippen molar-refractivity contribution in [2.24, 2.45) is 5.73 Å². The van der Waals surface area contributed by atoms with E-state index >= 15 is 0 Å². The van der Waals surface area contributed by atoms with Crippen LogP contribution in [0.3, 0.4) is 0 Å². The standard InChI is InChI=1S/C9H10F2N2O3/c10-9(11)7-8(16)4(2-6(14)15)1-5(3-12)13-7/h1,9,16H,2-3,12H2,(H,14,15). The van der Waals surface area contributed by atoms with Crippen molar-refractivity contribution >= 4 is 5.97 Å². The molecule has 0 radical (unpaired) electrons. The number of aromatic nitrogens is 1. The molecule has 0 aliphatic heterocycles. The minimum atomic E-state index is -2.97. The number of aromatic hydroxyl groups is 1. The van der Waals surface area contributed by atoms with Gasteiger partial charge in [-0.15, -0.1) is 0 Å². The Bertz CT molecular complexity index is 410. The van der Waals surface area contributed by atoms with Crippen LogP contribution in [-0.2, 0) is 17.8 Å². The fraction of sp³-hybridized carbons (Fsp3) is 0.333. The minimum Gasteiger partial charge on any atom is -0.506 e. The summed E-state index contributed by atoms with van der Waals surface area (Å²) in [5.41, 5.74) is 4.40. The van der Waals surface area contributed by atoms with Crippen LogP contribution in [0.15, 0.2) is 6.07 Å². The number of hydrogen-bond acceptors (Lipinski definition) is 4. The molecular formula is C9H10F2N2O3. The van der Waals surface area contributed by atoms with E-state index in [1.807, 2.05) is 0 Å². The van der Waals surface area contributed by atoms with Crippen LogP contribution in [0.4, 0.5) is 8.78 Å². The normalized spacial score (nSPS) is 10.8. The molecule has 0 saturated heterocycles. The van der Waals surface area contributed by atoms with Crippen molar-refractivity contribution in [3.63, 3.8) is 0 Å². The third kappa shape index (κ3) is 2.63. The van der Waals surface area contributed by atoms with Gasteiger partial charge in [0.2, 0.25) is 0 Å². The van der Waals surface area contributed by atoms with Gasteiger partial charge in [-0.05, 0) is 6.07 Å². The van der Waals surface area contributed by atoms with Crippen LogP contribution in [0.25, 0.3) is 0 Å². The van der Waals surface area contributed by atoms with Gasteiger partial charge in [0.1, 0.15) is 11.4 Å². The van der Waals surface area contributed by atoms with Gasteiger partial charge in [-0.25, -0.2) is 13.8 Å². The molecule has 88 valence electrons. The molecule has 1 heterocycles. The lowest BCUT2D eigenvalue weighted by atomic mass is 10.1. The summed E-state index contributed by atoms with van der Waals surface area (Å²) in [6, 6.07) is 1.20. The monoisotopic (exact) mass is 232 g/mol. The predicted octanol–water partition coefficient (Wildman–Crippen LogP) is 0.811. The predicted molar refractivity (Wildman–Crippen MR) is 50.1 cm³/mol. The Balaban J connectivity index is 3.25. The van der Waals surface area contributed by atoms with E-state index in [0.29, 0.717) is 0 Å². The van der Waals surface area contributed by atoms with Gasteiger partial charge in [0.15, 0.2) is 0 Å². The van der Waals surface area contributed by atoms with E-state index in [1.54, 1.807) is 0 Å². The molecule has 1 rings (SSSR count). The molecule has 5 nitrogen and oxygen atoms in total. The first kappa shape index (κ1) is 12.3. The van der Waals surface area contributed by atoms with E-state index in [-0.39, 0.29) is 17.8 Å². The zero-order valence-electron chi connectivity index (χ0n) is 8.15. The molecule has 0 unspecified atom stereocenters. The van der Waals surface area contributed by atoms with Gasteiger partial charge in [-0.3, -0.25) is 4.79 Å². The fourth-order valence-corrected chi connectivity index (χ4v) is 1.23. The summed E-state index contributed by atoms with van der Waals surface area (Å²) in [5, 5.41) is 17.9. The van der Waals surface area contributed by atoms with Crippen molar-refractivity contribution in [2.45, 2.75) is 19.4 Å². The van der Waals surface area contributed by atoms with E-state index in [2.05, 4.69) is 4.98 Å². The first-order valence-corrected chi connectivity index (χ1v) is 4.37. The number of nitrogens with two attached hydrogens (primary N) is 1. The summed E-state index contributed by atoms with van der Waals surface area (Å²) in [4.78, 5) is 13.9. The van der Waals surface area contributed by atoms with Gasteiger partial charge < -0.3 is 15.9 Å². The molecule has 0 aliphatic carbocycles. The Kier molecular flexibility index (Phi) is 3.73. The second-order valence-corrected chi connectivity index (χ2v) is 3.08. The molecule has 0 amide bonds. The lowest BCUT2D eigenvalue weighted by Crippen LogP contribution is -2.08. The van der Waals surface area contributed by atoms with Crippen LogP contribution >= 0.6 is 0 Å². The van der Waals surface area contributed by atoms with Crippen molar-refractivity contribution in [3.05, 3.63) is 23.0 Å². The lowest BCUT2D eigenvalue weighted by Gasteiger charge is -2.09. The zero-order chi connectivity index (χ0) is 12.3. The van der Waals surface area contributed by atoms with Crippen molar-refractivity contribution in [3.8, 4) is 5.75 Å². The Hall–Kier alpha value is -1.76. The highest BCUT2D eigenvalue weighted by Crippen LogP contribution is 2.30. The summed E-state index contributed by atoms with van der Waals surface area (Å²) < 4.78 is 24.9. The van der Waals surface area contributed by atoms with Crippen LogP contribution in [0.2, 0.25) is 0 Å². The number of halogens is 2. The number of carboxylic acids is 1. The molecule has 0 atom stereocenters. The van der Waals surface area contributed by atoms with Crippen LogP contribution in [0.5, 0.6) is 5.75 Å². The van der Waals surface area contributed by atoms with Gasteiger partial charge in [0.25, 0.3) is 6.43 Å². The van der Waals surface area contributed by atoms with Gasteiger partial charge in [0.05, 0.1) is 12.1 Å². The van der Waals surface area contributed by atoms with E-state index in [0.717, 1.165) is 0 Å². The highest BCUT2D eigenvalue weighted by atomic mass is 19.3. The molecule has 0 fully saturated rings. The summed E-state index contributed by atoms with van der Waals surface area (Å²) >= 11 is 0. The molecule has 0 spiro atoms. The number of aliphatic carboxylic acids is 1. The molecule has 1 aromatic rings. The largest absolute Gasteiger partial charge is 0.506 e. The maximum absolute atomic E-state index is 12.5. The van der Waals surface area contributed by atoms with Crippen LogP contribution in [0, 0.1) is 0 Å². The van der Waals surface area contributed by atoms with Crippen molar-refractivity contribution in [1.82, 2.24) is 4.98 Å². The molecule has 0 aromatic carbocycles. The average molecular weight is 232 g/mol. The third-order valence-electron chi connectivity index (χ3n) is 1.91. The number of alkyl halides is 2. The Morgan fingerprint density at radius 3 is 2.62 bits per heavy atom. The van der Waals surface area contributed by atoms with Crippen LogP contribution < -0.4 is 5.73 Å². The molecule has 7 heteroatoms. The summed E-state index contributed by atoms with van der Waals surface area (Å²) in [6.45, 7) is -0.105. The summed E-state index contributed by atoms with van der Waals surface area (Å²) in [7, 11) is 0. The van der Waals surface area contributed by atoms with Gasteiger partial charge in [-0.1, -0.05) is 0 Å². The van der Waals surface area contributed by atoms with Crippen molar-refractivity contribution < 1.29 is 23.8 Å². The van der Waals surface area contributed by atoms with Gasteiger partial charge >= 0.3 is 5.97 Å². The Labute approximate surface area is 89.5 Å². The Morgan fingerprint density at radius 2 is 2.19 bits per heavy atom. The fourth-order valence-electron chi connectivity index (χ4n) is 1.23. The number of carboxylic acid groups (broad SMARTS) is 1. The summed E-state index contributed by atoms with van der Waals surface area (Å²) in [6.07, 6.45) is -3.53. The van der Waals surface area contributed by atoms with Crippen molar-refractivity contribution in [2.75, 3.05) is 0 Å². The Morgan fingerprint density at radius 1 is 1.56 bits per heavy atom. The summed E-state index contributed by atoms with van der Waals surface area (Å²) in [5.74, 6) is -2.01. The van der Waals surface area contributed by atoms with E-state index < -0.39 is 30.3 Å². The molecule has 0 saturated carbocycles. The minimum absolute atomic E-state index is 0.105. The first-order chi connectivity index (χ1) is 7.45. The SMILES string of the molecule is NCc1cc(CC(=O)O)c(O)c(C(F)F)n1. The smallest absolute Gasteiger partial charge is 0.307 e. The molecule has 0 aliphatic rings. The number of hydrogen-bond donors (Lipinski definition) is 3. The molecular weight excluding hydrogens is 222 g/mol. The lowest BCUT2D eigenvalue weighted by molar-refractivity contribution is -0.136. The maximum Gasteiger partial charge on any atom is 0.307 e. The van der Waals surface area contributed by atoms with Crippen LogP contribution in [-0.4, -0.2) is 21.2 Å². The zero-order valence-corrected chi connectivity index (χ0v) is 8.15. The second-order valence-electron chi connectivity index (χ2n) is 3.08. The molecule has 1 aromatic heterocycles. The van der Waals surface area contributed by atoms with Crippen molar-refractivity contribution in [1.29, 1.82) is 0 Å². The number of nitrogens with zero attached hydrogens (tertiary/aromatic N) is 1. The van der Waals surface area contributed by atoms with E-state index in [4.69, 9.17) is 10.8 Å². The quantitative estimate of drug-likeness (QED) is 0.713. The highest BCUT2D eigenvalue weighted by Gasteiger charge is 2.20. The van der Waals surface area contributed by atoms with Gasteiger partial charge in [-0.2, -0.15) is 0 Å². The molecule has 4 N–H and O–H groups in total. The maximum atomic E-state index is 12.5. The first-order valence-electron chi connectivity index (χ1n) is 4.37. The third-order valence-corrected chi connectivity index (χ3v) is 1.91. The van der Waals surface area contributed by atoms with E-state index in [9.17, 15) is 18.7 Å². The number of carbonyl (C=O) groups is 1. The van der Waals surface area contributed by atoms with Gasteiger partial charge in [0, 0.05) is 12.1 Å². The second kappa shape index (κ2) is 4.84.